The zero-order valence-corrected chi connectivity index (χ0v) is 19.5. The molecule has 1 N–H and O–H groups in total. The Morgan fingerprint density at radius 2 is 1.67 bits per heavy atom. The smallest absolute Gasteiger partial charge is 0.349 e. The first-order valence-electron chi connectivity index (χ1n) is 10.3. The van der Waals surface area contributed by atoms with Crippen LogP contribution < -0.4 is 16.0 Å². The largest absolute Gasteiger partial charge is 0.488 e. The van der Waals surface area contributed by atoms with Crippen molar-refractivity contribution in [2.24, 2.45) is 5.10 Å². The maximum absolute atomic E-state index is 12.6. The van der Waals surface area contributed by atoms with Gasteiger partial charge in [-0.1, -0.05) is 54.6 Å². The van der Waals surface area contributed by atoms with E-state index in [4.69, 9.17) is 4.74 Å². The molecule has 0 amide bonds. The van der Waals surface area contributed by atoms with Crippen LogP contribution in [0.3, 0.4) is 0 Å². The Bertz CT molecular complexity index is 1630. The monoisotopic (exact) mass is 547 g/mol. The second kappa shape index (κ2) is 9.03. The molecule has 0 fully saturated rings. The molecule has 1 aromatic heterocycles. The highest BCUT2D eigenvalue weighted by Crippen LogP contribution is 2.25. The molecule has 0 radical (unpaired) electrons. The Morgan fingerprint density at radius 1 is 0.909 bits per heavy atom. The van der Waals surface area contributed by atoms with Gasteiger partial charge in [0, 0.05) is 0 Å². The first-order valence-corrected chi connectivity index (χ1v) is 11.4. The summed E-state index contributed by atoms with van der Waals surface area (Å²) < 4.78 is 7.81. The Kier molecular flexibility index (Phi) is 5.78. The van der Waals surface area contributed by atoms with Gasteiger partial charge >= 0.3 is 5.69 Å². The number of para-hydroxylation sites is 1. The minimum atomic E-state index is -0.584. The molecular formula is C26H18IN3O3. The van der Waals surface area contributed by atoms with E-state index in [2.05, 4.69) is 56.9 Å². The van der Waals surface area contributed by atoms with E-state index in [0.29, 0.717) is 17.5 Å². The number of halogens is 1. The second-order valence-corrected chi connectivity index (χ2v) is 8.62. The van der Waals surface area contributed by atoms with Crippen LogP contribution in [0.4, 0.5) is 0 Å². The first-order chi connectivity index (χ1) is 16.1. The fourth-order valence-electron chi connectivity index (χ4n) is 3.67. The van der Waals surface area contributed by atoms with Crippen LogP contribution in [0.2, 0.25) is 0 Å². The summed E-state index contributed by atoms with van der Waals surface area (Å²) >= 11 is 2.20. The SMILES string of the molecule is O=c1[nH]c2ccccc2c(=O)n1N=Cc1ccc(OCc2cccc3ccccc23)c(I)c1. The summed E-state index contributed by atoms with van der Waals surface area (Å²) in [5.74, 6) is 0.751. The van der Waals surface area contributed by atoms with Gasteiger partial charge in [-0.25, -0.2) is 4.79 Å². The quantitative estimate of drug-likeness (QED) is 0.251. The van der Waals surface area contributed by atoms with Crippen LogP contribution in [0, 0.1) is 3.57 Å². The fourth-order valence-corrected chi connectivity index (χ4v) is 4.37. The van der Waals surface area contributed by atoms with E-state index in [1.54, 1.807) is 24.3 Å². The molecule has 0 saturated heterocycles. The van der Waals surface area contributed by atoms with Crippen molar-refractivity contribution in [2.75, 3.05) is 0 Å². The standard InChI is InChI=1S/C26H18IN3O3/c27-22-14-17(15-28-30-25(31)21-10-3-4-11-23(21)29-26(30)32)12-13-24(22)33-16-19-8-5-7-18-6-1-2-9-20(18)19/h1-15H,16H2,(H,29,32). The Balaban J connectivity index is 1.37. The van der Waals surface area contributed by atoms with E-state index in [0.717, 1.165) is 25.1 Å². The average Bonchev–Trinajstić information content (AvgIpc) is 2.83. The molecule has 0 spiro atoms. The van der Waals surface area contributed by atoms with Gasteiger partial charge in [0.2, 0.25) is 0 Å². The van der Waals surface area contributed by atoms with Crippen molar-refractivity contribution in [1.82, 2.24) is 9.66 Å². The van der Waals surface area contributed by atoms with Crippen LogP contribution in [0.15, 0.2) is 99.6 Å². The van der Waals surface area contributed by atoms with Crippen LogP contribution in [-0.4, -0.2) is 15.9 Å². The Morgan fingerprint density at radius 3 is 2.52 bits per heavy atom. The highest BCUT2D eigenvalue weighted by molar-refractivity contribution is 14.1. The van der Waals surface area contributed by atoms with Gasteiger partial charge in [0.05, 0.1) is 20.7 Å². The minimum absolute atomic E-state index is 0.404. The van der Waals surface area contributed by atoms with Crippen LogP contribution >= 0.6 is 22.6 Å². The zero-order valence-electron chi connectivity index (χ0n) is 17.4. The molecule has 33 heavy (non-hydrogen) atoms. The lowest BCUT2D eigenvalue weighted by Crippen LogP contribution is -2.32. The van der Waals surface area contributed by atoms with Gasteiger partial charge in [-0.2, -0.15) is 5.10 Å². The summed E-state index contributed by atoms with van der Waals surface area (Å²) in [4.78, 5) is 27.6. The Hall–Kier alpha value is -3.72. The highest BCUT2D eigenvalue weighted by atomic mass is 127. The topological polar surface area (TPSA) is 76.5 Å². The first kappa shape index (κ1) is 21.1. The maximum atomic E-state index is 12.6. The number of nitrogens with one attached hydrogen (secondary N) is 1. The van der Waals surface area contributed by atoms with Gasteiger partial charge in [0.25, 0.3) is 5.56 Å². The normalized spacial score (nSPS) is 11.4. The van der Waals surface area contributed by atoms with Gasteiger partial charge in [0.15, 0.2) is 0 Å². The van der Waals surface area contributed by atoms with E-state index in [1.165, 1.54) is 17.0 Å². The number of aromatic amines is 1. The molecule has 0 saturated carbocycles. The number of hydrogen-bond donors (Lipinski definition) is 1. The number of H-pyrrole nitrogens is 1. The number of fused-ring (bicyclic) bond motifs is 2. The lowest BCUT2D eigenvalue weighted by atomic mass is 10.1. The molecule has 0 bridgehead atoms. The number of nitrogens with zero attached hydrogens (tertiary/aromatic N) is 2. The fraction of sp³-hybridized carbons (Fsp3) is 0.0385. The lowest BCUT2D eigenvalue weighted by molar-refractivity contribution is 0.305. The molecule has 5 rings (SSSR count). The van der Waals surface area contributed by atoms with E-state index in [9.17, 15) is 9.59 Å². The van der Waals surface area contributed by atoms with Crippen molar-refractivity contribution in [3.63, 3.8) is 0 Å². The third-order valence-electron chi connectivity index (χ3n) is 5.33. The van der Waals surface area contributed by atoms with Crippen molar-refractivity contribution in [2.45, 2.75) is 6.61 Å². The molecule has 0 aliphatic rings. The molecule has 0 atom stereocenters. The average molecular weight is 547 g/mol. The summed E-state index contributed by atoms with van der Waals surface area (Å²) in [5.41, 5.74) is 1.30. The van der Waals surface area contributed by atoms with Gasteiger partial charge in [-0.15, -0.1) is 4.68 Å². The summed E-state index contributed by atoms with van der Waals surface area (Å²) in [5, 5.41) is 6.87. The van der Waals surface area contributed by atoms with E-state index < -0.39 is 11.2 Å². The minimum Gasteiger partial charge on any atom is -0.488 e. The molecule has 6 nitrogen and oxygen atoms in total. The second-order valence-electron chi connectivity index (χ2n) is 7.45. The van der Waals surface area contributed by atoms with Gasteiger partial charge in [-0.05, 0) is 74.8 Å². The number of ether oxygens (including phenoxy) is 1. The molecule has 7 heteroatoms. The van der Waals surface area contributed by atoms with Crippen molar-refractivity contribution < 1.29 is 4.74 Å². The number of benzene rings is 4. The van der Waals surface area contributed by atoms with Crippen molar-refractivity contribution in [3.8, 4) is 5.75 Å². The predicted molar refractivity (Wildman–Crippen MR) is 139 cm³/mol. The summed E-state index contributed by atoms with van der Waals surface area (Å²) in [6.45, 7) is 0.451. The lowest BCUT2D eigenvalue weighted by Gasteiger charge is -2.11. The highest BCUT2D eigenvalue weighted by Gasteiger charge is 2.07. The van der Waals surface area contributed by atoms with Crippen LogP contribution in [-0.2, 0) is 6.61 Å². The zero-order chi connectivity index (χ0) is 22.8. The molecule has 5 aromatic rings. The molecule has 0 aliphatic heterocycles. The summed E-state index contributed by atoms with van der Waals surface area (Å²) in [6.07, 6.45) is 1.49. The molecule has 0 unspecified atom stereocenters. The molecule has 162 valence electrons. The third-order valence-corrected chi connectivity index (χ3v) is 6.17. The number of rotatable bonds is 5. The van der Waals surface area contributed by atoms with Crippen LogP contribution in [0.25, 0.3) is 21.7 Å². The van der Waals surface area contributed by atoms with Crippen LogP contribution in [0.1, 0.15) is 11.1 Å². The van der Waals surface area contributed by atoms with Gasteiger partial charge < -0.3 is 9.72 Å². The molecule has 0 aliphatic carbocycles. The molecular weight excluding hydrogens is 529 g/mol. The molecule has 1 heterocycles. The van der Waals surface area contributed by atoms with Crippen molar-refractivity contribution in [3.05, 3.63) is 120 Å². The van der Waals surface area contributed by atoms with Gasteiger partial charge in [-0.3, -0.25) is 4.79 Å². The van der Waals surface area contributed by atoms with E-state index >= 15 is 0 Å². The van der Waals surface area contributed by atoms with E-state index in [-0.39, 0.29) is 0 Å². The number of aromatic nitrogens is 2. The van der Waals surface area contributed by atoms with Crippen molar-refractivity contribution >= 4 is 50.5 Å². The number of hydrogen-bond acceptors (Lipinski definition) is 4. The predicted octanol–water partition coefficient (Wildman–Crippen LogP) is 4.91. The maximum Gasteiger partial charge on any atom is 0.349 e. The van der Waals surface area contributed by atoms with E-state index in [1.807, 2.05) is 36.4 Å². The van der Waals surface area contributed by atoms with Crippen LogP contribution in [0.5, 0.6) is 5.75 Å². The van der Waals surface area contributed by atoms with Crippen molar-refractivity contribution in [1.29, 1.82) is 0 Å². The van der Waals surface area contributed by atoms with Gasteiger partial charge in [0.1, 0.15) is 12.4 Å². The Labute approximate surface area is 202 Å². The molecule has 4 aromatic carbocycles. The third kappa shape index (κ3) is 4.31. The summed E-state index contributed by atoms with van der Waals surface area (Å²) in [7, 11) is 0. The summed E-state index contributed by atoms with van der Waals surface area (Å²) in [6, 6.07) is 26.8.